The lowest BCUT2D eigenvalue weighted by Crippen LogP contribution is -2.22. The Balaban J connectivity index is 2.10. The summed E-state index contributed by atoms with van der Waals surface area (Å²) in [5.74, 6) is 1.47. The van der Waals surface area contributed by atoms with Crippen molar-refractivity contribution in [3.05, 3.63) is 57.6 Å². The van der Waals surface area contributed by atoms with Crippen molar-refractivity contribution in [1.82, 2.24) is 5.32 Å². The second-order valence-electron chi connectivity index (χ2n) is 5.30. The summed E-state index contributed by atoms with van der Waals surface area (Å²) in [5.41, 5.74) is 2.46. The molecule has 0 saturated carbocycles. The summed E-state index contributed by atoms with van der Waals surface area (Å²) >= 11 is 11.9. The molecule has 2 nitrogen and oxygen atoms in total. The largest absolute Gasteiger partial charge is 0.457 e. The number of hydrogen-bond acceptors (Lipinski definition) is 2. The highest BCUT2D eigenvalue weighted by molar-refractivity contribution is 6.42. The molecule has 0 heterocycles. The van der Waals surface area contributed by atoms with Crippen molar-refractivity contribution in [3.8, 4) is 11.5 Å². The van der Waals surface area contributed by atoms with Crippen molar-refractivity contribution in [2.75, 3.05) is 0 Å². The fourth-order valence-electron chi connectivity index (χ4n) is 1.92. The van der Waals surface area contributed by atoms with Crippen LogP contribution in [0.2, 0.25) is 10.0 Å². The monoisotopic (exact) mass is 323 g/mol. The van der Waals surface area contributed by atoms with E-state index < -0.39 is 0 Å². The first-order valence-electron chi connectivity index (χ1n) is 6.91. The van der Waals surface area contributed by atoms with E-state index in [1.54, 1.807) is 18.2 Å². The molecule has 0 aromatic heterocycles. The van der Waals surface area contributed by atoms with E-state index >= 15 is 0 Å². The summed E-state index contributed by atoms with van der Waals surface area (Å²) in [5, 5.41) is 4.43. The molecule has 0 aliphatic heterocycles. The predicted molar refractivity (Wildman–Crippen MR) is 89.7 cm³/mol. The molecule has 0 aliphatic rings. The lowest BCUT2D eigenvalue weighted by atomic mass is 10.1. The number of aryl methyl sites for hydroxylation is 1. The third kappa shape index (κ3) is 4.63. The summed E-state index contributed by atoms with van der Waals surface area (Å²) in [7, 11) is 0. The minimum Gasteiger partial charge on any atom is -0.457 e. The van der Waals surface area contributed by atoms with Gasteiger partial charge in [-0.25, -0.2) is 0 Å². The maximum Gasteiger partial charge on any atom is 0.129 e. The highest BCUT2D eigenvalue weighted by Gasteiger charge is 2.05. The summed E-state index contributed by atoms with van der Waals surface area (Å²) < 4.78 is 5.81. The molecule has 0 atom stereocenters. The quantitative estimate of drug-likeness (QED) is 0.774. The third-order valence-electron chi connectivity index (χ3n) is 3.14. The van der Waals surface area contributed by atoms with Crippen LogP contribution in [0.15, 0.2) is 36.4 Å². The SMILES string of the molecule is Cc1cc(Oc2ccc(Cl)c(Cl)c2)ccc1CNC(C)C. The molecule has 0 bridgehead atoms. The fourth-order valence-corrected chi connectivity index (χ4v) is 2.21. The van der Waals surface area contributed by atoms with Crippen molar-refractivity contribution in [2.45, 2.75) is 33.4 Å². The zero-order chi connectivity index (χ0) is 15.4. The average molecular weight is 324 g/mol. The molecule has 2 aromatic rings. The second-order valence-corrected chi connectivity index (χ2v) is 6.12. The van der Waals surface area contributed by atoms with Crippen LogP contribution in [0.25, 0.3) is 0 Å². The number of benzene rings is 2. The van der Waals surface area contributed by atoms with Crippen molar-refractivity contribution in [1.29, 1.82) is 0 Å². The van der Waals surface area contributed by atoms with Crippen LogP contribution >= 0.6 is 23.2 Å². The first-order valence-corrected chi connectivity index (χ1v) is 7.67. The highest BCUT2D eigenvalue weighted by Crippen LogP contribution is 2.30. The number of ether oxygens (including phenoxy) is 1. The molecular formula is C17H19Cl2NO. The van der Waals surface area contributed by atoms with Crippen molar-refractivity contribution >= 4 is 23.2 Å². The van der Waals surface area contributed by atoms with Gasteiger partial charge in [0, 0.05) is 18.7 Å². The normalized spacial score (nSPS) is 11.0. The third-order valence-corrected chi connectivity index (χ3v) is 3.88. The molecule has 0 aliphatic carbocycles. The smallest absolute Gasteiger partial charge is 0.129 e. The zero-order valence-electron chi connectivity index (χ0n) is 12.4. The molecule has 0 amide bonds. The van der Waals surface area contributed by atoms with Crippen LogP contribution in [-0.2, 0) is 6.54 Å². The molecule has 0 spiro atoms. The summed E-state index contributed by atoms with van der Waals surface area (Å²) in [6.07, 6.45) is 0. The van der Waals surface area contributed by atoms with Gasteiger partial charge in [-0.05, 0) is 42.3 Å². The van der Waals surface area contributed by atoms with Gasteiger partial charge in [-0.3, -0.25) is 0 Å². The Hall–Kier alpha value is -1.22. The van der Waals surface area contributed by atoms with E-state index in [1.807, 2.05) is 12.1 Å². The lowest BCUT2D eigenvalue weighted by molar-refractivity contribution is 0.481. The molecule has 21 heavy (non-hydrogen) atoms. The van der Waals surface area contributed by atoms with Crippen molar-refractivity contribution in [2.24, 2.45) is 0 Å². The number of hydrogen-bond donors (Lipinski definition) is 1. The van der Waals surface area contributed by atoms with Crippen LogP contribution in [-0.4, -0.2) is 6.04 Å². The van der Waals surface area contributed by atoms with E-state index in [0.29, 0.717) is 21.8 Å². The van der Waals surface area contributed by atoms with Crippen LogP contribution in [0.4, 0.5) is 0 Å². The molecule has 0 saturated heterocycles. The summed E-state index contributed by atoms with van der Waals surface area (Å²) in [6, 6.07) is 11.8. The molecule has 2 aromatic carbocycles. The van der Waals surface area contributed by atoms with Crippen LogP contribution in [0, 0.1) is 6.92 Å². The van der Waals surface area contributed by atoms with E-state index in [4.69, 9.17) is 27.9 Å². The maximum atomic E-state index is 5.99. The van der Waals surface area contributed by atoms with E-state index in [0.717, 1.165) is 12.3 Å². The van der Waals surface area contributed by atoms with Gasteiger partial charge in [0.25, 0.3) is 0 Å². The lowest BCUT2D eigenvalue weighted by Gasteiger charge is -2.12. The van der Waals surface area contributed by atoms with Gasteiger partial charge in [0.05, 0.1) is 10.0 Å². The Morgan fingerprint density at radius 1 is 1.00 bits per heavy atom. The van der Waals surface area contributed by atoms with Crippen LogP contribution < -0.4 is 10.1 Å². The Kier molecular flexibility index (Phi) is 5.51. The molecular weight excluding hydrogens is 305 g/mol. The molecule has 0 unspecified atom stereocenters. The first-order chi connectivity index (χ1) is 9.95. The minimum atomic E-state index is 0.469. The number of halogens is 2. The second kappa shape index (κ2) is 7.17. The summed E-state index contributed by atoms with van der Waals surface area (Å²) in [6.45, 7) is 7.21. The van der Waals surface area contributed by atoms with Gasteiger partial charge in [0.1, 0.15) is 11.5 Å². The van der Waals surface area contributed by atoms with Gasteiger partial charge < -0.3 is 10.1 Å². The van der Waals surface area contributed by atoms with Gasteiger partial charge in [0.15, 0.2) is 0 Å². The Labute approximate surface area is 136 Å². The van der Waals surface area contributed by atoms with Crippen molar-refractivity contribution in [3.63, 3.8) is 0 Å². The highest BCUT2D eigenvalue weighted by atomic mass is 35.5. The average Bonchev–Trinajstić information content (AvgIpc) is 2.42. The van der Waals surface area contributed by atoms with Gasteiger partial charge >= 0.3 is 0 Å². The fraction of sp³-hybridized carbons (Fsp3) is 0.294. The molecule has 112 valence electrons. The maximum absolute atomic E-state index is 5.99. The first kappa shape index (κ1) is 16.2. The van der Waals surface area contributed by atoms with Crippen molar-refractivity contribution < 1.29 is 4.74 Å². The van der Waals surface area contributed by atoms with Crippen LogP contribution in [0.5, 0.6) is 11.5 Å². The van der Waals surface area contributed by atoms with E-state index in [-0.39, 0.29) is 0 Å². The predicted octanol–water partition coefficient (Wildman–Crippen LogP) is 5.59. The van der Waals surface area contributed by atoms with Crippen LogP contribution in [0.1, 0.15) is 25.0 Å². The van der Waals surface area contributed by atoms with Gasteiger partial charge in [-0.15, -0.1) is 0 Å². The molecule has 2 rings (SSSR count). The standard InChI is InChI=1S/C17H19Cl2NO/c1-11(2)20-10-13-4-5-14(8-12(13)3)21-15-6-7-16(18)17(19)9-15/h4-9,11,20H,10H2,1-3H3. The van der Waals surface area contributed by atoms with Gasteiger partial charge in [0.2, 0.25) is 0 Å². The van der Waals surface area contributed by atoms with Gasteiger partial charge in [-0.1, -0.05) is 43.1 Å². The molecule has 1 N–H and O–H groups in total. The van der Waals surface area contributed by atoms with E-state index in [1.165, 1.54) is 11.1 Å². The summed E-state index contributed by atoms with van der Waals surface area (Å²) in [4.78, 5) is 0. The molecule has 4 heteroatoms. The number of nitrogens with one attached hydrogen (secondary N) is 1. The van der Waals surface area contributed by atoms with E-state index in [2.05, 4.69) is 32.2 Å². The number of rotatable bonds is 5. The zero-order valence-corrected chi connectivity index (χ0v) is 13.9. The van der Waals surface area contributed by atoms with E-state index in [9.17, 15) is 0 Å². The molecule has 0 fully saturated rings. The topological polar surface area (TPSA) is 21.3 Å². The Bertz CT molecular complexity index is 626. The molecule has 0 radical (unpaired) electrons. The Morgan fingerprint density at radius 2 is 1.67 bits per heavy atom. The van der Waals surface area contributed by atoms with Crippen LogP contribution in [0.3, 0.4) is 0 Å². The Morgan fingerprint density at radius 3 is 2.29 bits per heavy atom. The van der Waals surface area contributed by atoms with Gasteiger partial charge in [-0.2, -0.15) is 0 Å². The minimum absolute atomic E-state index is 0.469.